The van der Waals surface area contributed by atoms with E-state index in [0.717, 1.165) is 11.1 Å². The van der Waals surface area contributed by atoms with Crippen LogP contribution in [0.3, 0.4) is 0 Å². The van der Waals surface area contributed by atoms with Gasteiger partial charge in [-0.2, -0.15) is 0 Å². The van der Waals surface area contributed by atoms with E-state index in [-0.39, 0.29) is 6.10 Å². The summed E-state index contributed by atoms with van der Waals surface area (Å²) in [6.45, 7) is 9.40. The second-order valence-electron chi connectivity index (χ2n) is 2.93. The van der Waals surface area contributed by atoms with Crippen LogP contribution < -0.4 is 0 Å². The highest BCUT2D eigenvalue weighted by Crippen LogP contribution is 2.04. The molecule has 0 saturated carbocycles. The van der Waals surface area contributed by atoms with Gasteiger partial charge in [-0.25, -0.2) is 4.89 Å². The van der Waals surface area contributed by atoms with Crippen LogP contribution in [0.5, 0.6) is 0 Å². The molecule has 68 valence electrons. The van der Waals surface area contributed by atoms with Gasteiger partial charge >= 0.3 is 0 Å². The molecule has 0 aliphatic heterocycles. The minimum atomic E-state index is -0.368. The van der Waals surface area contributed by atoms with Crippen LogP contribution >= 0.6 is 0 Å². The third-order valence-corrected chi connectivity index (χ3v) is 1.37. The van der Waals surface area contributed by atoms with E-state index in [4.69, 9.17) is 5.26 Å². The molecule has 0 aromatic heterocycles. The average Bonchev–Trinajstić information content (AvgIpc) is 2.02. The van der Waals surface area contributed by atoms with Gasteiger partial charge in [-0.15, -0.1) is 0 Å². The third kappa shape index (κ3) is 4.88. The fourth-order valence-corrected chi connectivity index (χ4v) is 0.765. The van der Waals surface area contributed by atoms with Crippen molar-refractivity contribution in [3.8, 4) is 0 Å². The first-order valence-corrected chi connectivity index (χ1v) is 3.86. The summed E-state index contributed by atoms with van der Waals surface area (Å²) < 4.78 is 0. The summed E-state index contributed by atoms with van der Waals surface area (Å²) >= 11 is 0. The Labute approximate surface area is 73.8 Å². The zero-order chi connectivity index (χ0) is 9.56. The molecule has 0 rings (SSSR count). The Bertz CT molecular complexity index is 198. The standard InChI is InChI=1S/C10H16O2/c1-5-9(4)7-10(12-11)6-8(2)3/h5-7,10-11H,1H2,2-4H3/b9-7+. The van der Waals surface area contributed by atoms with Crippen LogP contribution in [-0.2, 0) is 4.89 Å². The van der Waals surface area contributed by atoms with Crippen LogP contribution in [-0.4, -0.2) is 11.4 Å². The molecule has 0 radical (unpaired) electrons. The van der Waals surface area contributed by atoms with Gasteiger partial charge in [0.25, 0.3) is 0 Å². The highest BCUT2D eigenvalue weighted by molar-refractivity contribution is 5.18. The Morgan fingerprint density at radius 1 is 1.33 bits per heavy atom. The van der Waals surface area contributed by atoms with E-state index in [9.17, 15) is 0 Å². The second kappa shape index (κ2) is 5.75. The van der Waals surface area contributed by atoms with Crippen LogP contribution in [0.15, 0.2) is 36.0 Å². The quantitative estimate of drug-likeness (QED) is 0.302. The molecule has 0 bridgehead atoms. The molecule has 1 atom stereocenters. The summed E-state index contributed by atoms with van der Waals surface area (Å²) in [5.74, 6) is 0. The molecular formula is C10H16O2. The highest BCUT2D eigenvalue weighted by atomic mass is 17.1. The molecular weight excluding hydrogens is 152 g/mol. The molecule has 0 heterocycles. The first-order chi connectivity index (χ1) is 5.60. The first kappa shape index (κ1) is 11.1. The zero-order valence-electron chi connectivity index (χ0n) is 7.87. The number of hydrogen-bond donors (Lipinski definition) is 1. The molecule has 12 heavy (non-hydrogen) atoms. The van der Waals surface area contributed by atoms with Gasteiger partial charge in [-0.05, 0) is 26.8 Å². The van der Waals surface area contributed by atoms with E-state index >= 15 is 0 Å². The van der Waals surface area contributed by atoms with Crippen molar-refractivity contribution >= 4 is 0 Å². The molecule has 2 heteroatoms. The zero-order valence-corrected chi connectivity index (χ0v) is 7.87. The van der Waals surface area contributed by atoms with E-state index in [1.54, 1.807) is 12.2 Å². The third-order valence-electron chi connectivity index (χ3n) is 1.37. The molecule has 0 spiro atoms. The lowest BCUT2D eigenvalue weighted by Gasteiger charge is -2.04. The van der Waals surface area contributed by atoms with Crippen LogP contribution in [0.4, 0.5) is 0 Å². The van der Waals surface area contributed by atoms with Crippen molar-refractivity contribution in [3.05, 3.63) is 36.0 Å². The van der Waals surface area contributed by atoms with Crippen molar-refractivity contribution < 1.29 is 10.1 Å². The lowest BCUT2D eigenvalue weighted by atomic mass is 10.1. The van der Waals surface area contributed by atoms with Crippen molar-refractivity contribution in [1.82, 2.24) is 0 Å². The summed E-state index contributed by atoms with van der Waals surface area (Å²) in [6, 6.07) is 0. The fourth-order valence-electron chi connectivity index (χ4n) is 0.765. The summed E-state index contributed by atoms with van der Waals surface area (Å²) in [6.07, 6.45) is 4.96. The minimum absolute atomic E-state index is 0.368. The maximum atomic E-state index is 8.50. The lowest BCUT2D eigenvalue weighted by Crippen LogP contribution is -2.04. The monoisotopic (exact) mass is 168 g/mol. The smallest absolute Gasteiger partial charge is 0.130 e. The number of rotatable bonds is 4. The SMILES string of the molecule is C=C/C(C)=C/C(C=C(C)C)OO. The van der Waals surface area contributed by atoms with Gasteiger partial charge in [0.15, 0.2) is 0 Å². The maximum absolute atomic E-state index is 8.50. The molecule has 0 saturated heterocycles. The van der Waals surface area contributed by atoms with Gasteiger partial charge in [0, 0.05) is 0 Å². The lowest BCUT2D eigenvalue weighted by molar-refractivity contribution is -0.254. The molecule has 0 aliphatic rings. The maximum Gasteiger partial charge on any atom is 0.130 e. The normalized spacial score (nSPS) is 13.8. The molecule has 0 aromatic carbocycles. The molecule has 1 N–H and O–H groups in total. The van der Waals surface area contributed by atoms with Gasteiger partial charge in [0.1, 0.15) is 6.10 Å². The molecule has 0 aliphatic carbocycles. The van der Waals surface area contributed by atoms with Crippen LogP contribution in [0.2, 0.25) is 0 Å². The Hall–Kier alpha value is -0.860. The predicted octanol–water partition coefficient (Wildman–Crippen LogP) is 2.94. The van der Waals surface area contributed by atoms with Crippen LogP contribution in [0.25, 0.3) is 0 Å². The summed E-state index contributed by atoms with van der Waals surface area (Å²) in [5, 5.41) is 8.50. The van der Waals surface area contributed by atoms with Crippen molar-refractivity contribution in [2.24, 2.45) is 0 Å². The highest BCUT2D eigenvalue weighted by Gasteiger charge is 1.99. The number of allylic oxidation sites excluding steroid dienone is 3. The Kier molecular flexibility index (Phi) is 5.34. The Balaban J connectivity index is 4.37. The Morgan fingerprint density at radius 3 is 2.25 bits per heavy atom. The number of hydrogen-bond acceptors (Lipinski definition) is 2. The van der Waals surface area contributed by atoms with Gasteiger partial charge in [-0.3, -0.25) is 5.26 Å². The van der Waals surface area contributed by atoms with E-state index in [1.807, 2.05) is 26.8 Å². The molecule has 0 aromatic rings. The Morgan fingerprint density at radius 2 is 1.92 bits per heavy atom. The van der Waals surface area contributed by atoms with Gasteiger partial charge in [0.05, 0.1) is 0 Å². The van der Waals surface area contributed by atoms with E-state index in [2.05, 4.69) is 11.5 Å². The predicted molar refractivity (Wildman–Crippen MR) is 50.9 cm³/mol. The van der Waals surface area contributed by atoms with Gasteiger partial charge in [-0.1, -0.05) is 29.9 Å². The van der Waals surface area contributed by atoms with Crippen LogP contribution in [0, 0.1) is 0 Å². The van der Waals surface area contributed by atoms with Gasteiger partial charge in [0.2, 0.25) is 0 Å². The minimum Gasteiger partial charge on any atom is -0.251 e. The first-order valence-electron chi connectivity index (χ1n) is 3.86. The largest absolute Gasteiger partial charge is 0.251 e. The summed E-state index contributed by atoms with van der Waals surface area (Å²) in [7, 11) is 0. The van der Waals surface area contributed by atoms with Crippen molar-refractivity contribution in [1.29, 1.82) is 0 Å². The molecule has 0 amide bonds. The van der Waals surface area contributed by atoms with E-state index < -0.39 is 0 Å². The average molecular weight is 168 g/mol. The van der Waals surface area contributed by atoms with Crippen molar-refractivity contribution in [3.63, 3.8) is 0 Å². The van der Waals surface area contributed by atoms with E-state index in [0.29, 0.717) is 0 Å². The van der Waals surface area contributed by atoms with Gasteiger partial charge < -0.3 is 0 Å². The fraction of sp³-hybridized carbons (Fsp3) is 0.400. The molecule has 2 nitrogen and oxygen atoms in total. The van der Waals surface area contributed by atoms with Crippen molar-refractivity contribution in [2.75, 3.05) is 0 Å². The molecule has 0 fully saturated rings. The second-order valence-corrected chi connectivity index (χ2v) is 2.93. The van der Waals surface area contributed by atoms with E-state index in [1.165, 1.54) is 0 Å². The molecule has 1 unspecified atom stereocenters. The summed E-state index contributed by atoms with van der Waals surface area (Å²) in [4.78, 5) is 4.23. The summed E-state index contributed by atoms with van der Waals surface area (Å²) in [5.41, 5.74) is 2.08. The van der Waals surface area contributed by atoms with Crippen molar-refractivity contribution in [2.45, 2.75) is 26.9 Å². The topological polar surface area (TPSA) is 29.5 Å². The van der Waals surface area contributed by atoms with Crippen LogP contribution in [0.1, 0.15) is 20.8 Å².